The van der Waals surface area contributed by atoms with Gasteiger partial charge >= 0.3 is 0 Å². The van der Waals surface area contributed by atoms with Crippen molar-refractivity contribution in [2.45, 2.75) is 25.8 Å². The van der Waals surface area contributed by atoms with Crippen LogP contribution in [0.5, 0.6) is 5.75 Å². The van der Waals surface area contributed by atoms with Crippen LogP contribution in [0.1, 0.15) is 30.1 Å². The van der Waals surface area contributed by atoms with Crippen molar-refractivity contribution in [2.24, 2.45) is 0 Å². The third kappa shape index (κ3) is 2.35. The average Bonchev–Trinajstić information content (AvgIpc) is 2.73. The standard InChI is InChI=1S/C13H18N2O2/c1-9-4-3-5-15(9)13(16)10-6-11(14)8-12(7-10)17-2/h6-9H,3-5,14H2,1-2H3. The van der Waals surface area contributed by atoms with E-state index in [0.29, 0.717) is 23.0 Å². The Morgan fingerprint density at radius 3 is 2.82 bits per heavy atom. The molecule has 1 amide bonds. The Kier molecular flexibility index (Phi) is 3.22. The van der Waals surface area contributed by atoms with Crippen LogP contribution in [0, 0.1) is 0 Å². The minimum atomic E-state index is 0.0422. The zero-order chi connectivity index (χ0) is 12.4. The minimum absolute atomic E-state index is 0.0422. The summed E-state index contributed by atoms with van der Waals surface area (Å²) in [5.41, 5.74) is 6.92. The molecule has 0 radical (unpaired) electrons. The molecule has 1 unspecified atom stereocenters. The molecule has 1 aromatic rings. The number of anilines is 1. The molecule has 1 saturated heterocycles. The highest BCUT2D eigenvalue weighted by atomic mass is 16.5. The number of amides is 1. The number of carbonyl (C=O) groups is 1. The van der Waals surface area contributed by atoms with Crippen LogP contribution in [-0.2, 0) is 0 Å². The lowest BCUT2D eigenvalue weighted by atomic mass is 10.1. The second-order valence-electron chi connectivity index (χ2n) is 4.48. The van der Waals surface area contributed by atoms with Gasteiger partial charge in [0.1, 0.15) is 5.75 Å². The first-order chi connectivity index (χ1) is 8.11. The van der Waals surface area contributed by atoms with E-state index in [0.717, 1.165) is 19.4 Å². The fourth-order valence-electron chi connectivity index (χ4n) is 2.26. The Balaban J connectivity index is 2.27. The Morgan fingerprint density at radius 2 is 2.24 bits per heavy atom. The van der Waals surface area contributed by atoms with Crippen LogP contribution < -0.4 is 10.5 Å². The van der Waals surface area contributed by atoms with E-state index >= 15 is 0 Å². The zero-order valence-corrected chi connectivity index (χ0v) is 10.3. The summed E-state index contributed by atoms with van der Waals surface area (Å²) in [6.45, 7) is 2.91. The van der Waals surface area contributed by atoms with Gasteiger partial charge in [-0.3, -0.25) is 4.79 Å². The van der Waals surface area contributed by atoms with Crippen LogP contribution in [0.2, 0.25) is 0 Å². The first-order valence-corrected chi connectivity index (χ1v) is 5.87. The maximum Gasteiger partial charge on any atom is 0.254 e. The topological polar surface area (TPSA) is 55.6 Å². The fraction of sp³-hybridized carbons (Fsp3) is 0.462. The fourth-order valence-corrected chi connectivity index (χ4v) is 2.26. The Hall–Kier alpha value is -1.71. The van der Waals surface area contributed by atoms with Crippen molar-refractivity contribution in [2.75, 3.05) is 19.4 Å². The van der Waals surface area contributed by atoms with Crippen molar-refractivity contribution in [3.05, 3.63) is 23.8 Å². The predicted molar refractivity (Wildman–Crippen MR) is 67.1 cm³/mol. The van der Waals surface area contributed by atoms with Crippen molar-refractivity contribution in [1.29, 1.82) is 0 Å². The molecule has 0 saturated carbocycles. The van der Waals surface area contributed by atoms with Gasteiger partial charge in [0.25, 0.3) is 5.91 Å². The molecule has 1 fully saturated rings. The molecule has 0 aliphatic carbocycles. The maximum atomic E-state index is 12.3. The first-order valence-electron chi connectivity index (χ1n) is 5.87. The van der Waals surface area contributed by atoms with E-state index in [4.69, 9.17) is 10.5 Å². The summed E-state index contributed by atoms with van der Waals surface area (Å²) in [6.07, 6.45) is 2.15. The van der Waals surface area contributed by atoms with Gasteiger partial charge in [0.2, 0.25) is 0 Å². The molecule has 4 nitrogen and oxygen atoms in total. The number of carbonyl (C=O) groups excluding carboxylic acids is 1. The summed E-state index contributed by atoms with van der Waals surface area (Å²) in [5, 5.41) is 0. The SMILES string of the molecule is COc1cc(N)cc(C(=O)N2CCCC2C)c1. The second kappa shape index (κ2) is 4.65. The molecule has 0 bridgehead atoms. The number of nitrogens with zero attached hydrogens (tertiary/aromatic N) is 1. The van der Waals surface area contributed by atoms with E-state index in [1.54, 1.807) is 25.3 Å². The Labute approximate surface area is 101 Å². The molecule has 1 atom stereocenters. The third-order valence-electron chi connectivity index (χ3n) is 3.23. The highest BCUT2D eigenvalue weighted by molar-refractivity contribution is 5.96. The van der Waals surface area contributed by atoms with Crippen LogP contribution in [0.3, 0.4) is 0 Å². The van der Waals surface area contributed by atoms with Crippen molar-refractivity contribution < 1.29 is 9.53 Å². The quantitative estimate of drug-likeness (QED) is 0.795. The molecule has 92 valence electrons. The Bertz CT molecular complexity index is 431. The molecule has 0 aromatic heterocycles. The molecule has 1 aliphatic rings. The van der Waals surface area contributed by atoms with Crippen LogP contribution in [-0.4, -0.2) is 30.5 Å². The van der Waals surface area contributed by atoms with Crippen LogP contribution in [0.25, 0.3) is 0 Å². The lowest BCUT2D eigenvalue weighted by molar-refractivity contribution is 0.0747. The van der Waals surface area contributed by atoms with Gasteiger partial charge in [0.05, 0.1) is 7.11 Å². The van der Waals surface area contributed by atoms with Gasteiger partial charge in [-0.25, -0.2) is 0 Å². The van der Waals surface area contributed by atoms with Gasteiger partial charge in [-0.05, 0) is 31.9 Å². The number of nitrogens with two attached hydrogens (primary N) is 1. The third-order valence-corrected chi connectivity index (χ3v) is 3.23. The zero-order valence-electron chi connectivity index (χ0n) is 10.3. The number of nitrogen functional groups attached to an aromatic ring is 1. The van der Waals surface area contributed by atoms with Crippen molar-refractivity contribution in [1.82, 2.24) is 4.90 Å². The number of benzene rings is 1. The number of likely N-dealkylation sites (tertiary alicyclic amines) is 1. The number of hydrogen-bond acceptors (Lipinski definition) is 3. The lowest BCUT2D eigenvalue weighted by Crippen LogP contribution is -2.33. The van der Waals surface area contributed by atoms with Crippen molar-refractivity contribution in [3.8, 4) is 5.75 Å². The van der Waals surface area contributed by atoms with Gasteiger partial charge in [-0.15, -0.1) is 0 Å². The second-order valence-corrected chi connectivity index (χ2v) is 4.48. The van der Waals surface area contributed by atoms with E-state index in [1.165, 1.54) is 0 Å². The molecule has 2 N–H and O–H groups in total. The van der Waals surface area contributed by atoms with Gasteiger partial charge in [0.15, 0.2) is 0 Å². The average molecular weight is 234 g/mol. The highest BCUT2D eigenvalue weighted by Crippen LogP contribution is 2.23. The van der Waals surface area contributed by atoms with E-state index < -0.39 is 0 Å². The van der Waals surface area contributed by atoms with Crippen molar-refractivity contribution >= 4 is 11.6 Å². The molecular weight excluding hydrogens is 216 g/mol. The molecule has 2 rings (SSSR count). The smallest absolute Gasteiger partial charge is 0.254 e. The molecule has 1 aliphatic heterocycles. The summed E-state index contributed by atoms with van der Waals surface area (Å²) in [6, 6.07) is 5.47. The van der Waals surface area contributed by atoms with Gasteiger partial charge in [0, 0.05) is 29.9 Å². The van der Waals surface area contributed by atoms with Crippen LogP contribution in [0.4, 0.5) is 5.69 Å². The number of ether oxygens (including phenoxy) is 1. The molecule has 17 heavy (non-hydrogen) atoms. The minimum Gasteiger partial charge on any atom is -0.497 e. The summed E-state index contributed by atoms with van der Waals surface area (Å²) in [5.74, 6) is 0.667. The molecule has 1 aromatic carbocycles. The largest absolute Gasteiger partial charge is 0.497 e. The molecular formula is C13H18N2O2. The maximum absolute atomic E-state index is 12.3. The summed E-state index contributed by atoms with van der Waals surface area (Å²) < 4.78 is 5.12. The summed E-state index contributed by atoms with van der Waals surface area (Å²) in [4.78, 5) is 14.2. The van der Waals surface area contributed by atoms with E-state index in [-0.39, 0.29) is 5.91 Å². The van der Waals surface area contributed by atoms with Gasteiger partial charge in [-0.1, -0.05) is 0 Å². The van der Waals surface area contributed by atoms with Crippen molar-refractivity contribution in [3.63, 3.8) is 0 Å². The normalized spacial score (nSPS) is 19.4. The first kappa shape index (κ1) is 11.8. The van der Waals surface area contributed by atoms with E-state index in [2.05, 4.69) is 6.92 Å². The van der Waals surface area contributed by atoms with E-state index in [1.807, 2.05) is 4.90 Å². The van der Waals surface area contributed by atoms with Crippen LogP contribution >= 0.6 is 0 Å². The summed E-state index contributed by atoms with van der Waals surface area (Å²) in [7, 11) is 1.57. The molecule has 0 spiro atoms. The lowest BCUT2D eigenvalue weighted by Gasteiger charge is -2.21. The predicted octanol–water partition coefficient (Wildman–Crippen LogP) is 1.90. The van der Waals surface area contributed by atoms with E-state index in [9.17, 15) is 4.79 Å². The number of methoxy groups -OCH3 is 1. The van der Waals surface area contributed by atoms with Gasteiger partial charge < -0.3 is 15.4 Å². The molecule has 1 heterocycles. The highest BCUT2D eigenvalue weighted by Gasteiger charge is 2.26. The number of rotatable bonds is 2. The van der Waals surface area contributed by atoms with Gasteiger partial charge in [-0.2, -0.15) is 0 Å². The Morgan fingerprint density at radius 1 is 1.47 bits per heavy atom. The van der Waals surface area contributed by atoms with Crippen LogP contribution in [0.15, 0.2) is 18.2 Å². The molecule has 4 heteroatoms. The summed E-state index contributed by atoms with van der Waals surface area (Å²) >= 11 is 0. The number of hydrogen-bond donors (Lipinski definition) is 1. The monoisotopic (exact) mass is 234 g/mol.